The van der Waals surface area contributed by atoms with Crippen molar-refractivity contribution in [3.63, 3.8) is 0 Å². The topological polar surface area (TPSA) is 334 Å². The number of rotatable bonds is 10. The van der Waals surface area contributed by atoms with E-state index in [0.717, 1.165) is 38.5 Å². The molecule has 4 saturated carbocycles. The number of hydrogen-bond donors (Lipinski definition) is 12. The van der Waals surface area contributed by atoms with Crippen molar-refractivity contribution in [3.8, 4) is 0 Å². The summed E-state index contributed by atoms with van der Waals surface area (Å²) in [5, 5.41) is 128. The number of fused-ring (bicyclic) bond motifs is 7. The highest BCUT2D eigenvalue weighted by Crippen LogP contribution is 2.76. The molecular formula is C53H86O21. The summed E-state index contributed by atoms with van der Waals surface area (Å²) in [4.78, 5) is 14.8. The van der Waals surface area contributed by atoms with Crippen LogP contribution in [0.4, 0.5) is 0 Å². The SMILES string of the molecule is C[C@H]1[C@@H](C)CC[C@]2(C(=O)O[C@H]3O[C@H](CO)[C@@H](O)[C@@H](O)[C@H]3O)CC[C@]3(C)C(=CC[C@@H]4[C@@]5(C)CC[C@H](O[C@H]6OC[C@@H](O)[C@@H](O[C@H]7O[C@H](CO)[C@@H](O)[C@@H](O)[C@@H]7O)[C@H]6O[C@H]6O[C@H](C)[C@@H](O)[C@@H](O)[C@H]6O)C(C)(C)[C@H]5CC[C@@]43C)[C@@H]12. The maximum absolute atomic E-state index is 14.8. The van der Waals surface area contributed by atoms with Gasteiger partial charge in [0.1, 0.15) is 85.5 Å². The third kappa shape index (κ3) is 8.99. The summed E-state index contributed by atoms with van der Waals surface area (Å²) in [7, 11) is 0. The molecule has 4 aliphatic heterocycles. The second-order valence-electron chi connectivity index (χ2n) is 25.2. The number of ether oxygens (including phenoxy) is 8. The van der Waals surface area contributed by atoms with Gasteiger partial charge in [0.05, 0.1) is 37.4 Å². The first-order chi connectivity index (χ1) is 34.7. The molecule has 0 aromatic carbocycles. The standard InChI is InChI=1S/C53H86O21/c1-22-11-16-53(48(66)74-46-41(65)38(62)35(59)28(20-55)70-46)18-17-51(7)25(32(53)23(22)2)9-10-30-50(6)14-13-31(49(4,5)29(50)12-15-52(30,51)8)71-47-43(73-44-39(63)36(60)33(57)24(3)68-44)42(26(56)21-67-47)72-45-40(64)37(61)34(58)27(19-54)69-45/h9,22-24,26-47,54-65H,10-21H2,1-8H3/t22-,23-,24+,26+,27+,28+,29+,30+,31-,32+,33+,34+,35+,36+,37+,38+,39+,40-,41+,42+,43+,44+,45+,46+,47+,50-,51+,52-,53-/m0/s1. The Morgan fingerprint density at radius 1 is 0.608 bits per heavy atom. The number of esters is 1. The molecule has 424 valence electrons. The van der Waals surface area contributed by atoms with Gasteiger partial charge in [-0.25, -0.2) is 0 Å². The second kappa shape index (κ2) is 20.8. The molecule has 0 aromatic rings. The Hall–Kier alpha value is -1.55. The lowest BCUT2D eigenvalue weighted by atomic mass is 9.33. The predicted octanol–water partition coefficient (Wildman–Crippen LogP) is -0.513. The Labute approximate surface area is 433 Å². The summed E-state index contributed by atoms with van der Waals surface area (Å²) in [6, 6.07) is 0. The molecule has 0 aromatic heterocycles. The van der Waals surface area contributed by atoms with Crippen molar-refractivity contribution < 1.29 is 104 Å². The van der Waals surface area contributed by atoms with Crippen molar-refractivity contribution in [1.29, 1.82) is 0 Å². The van der Waals surface area contributed by atoms with Crippen LogP contribution in [0, 0.1) is 56.7 Å². The van der Waals surface area contributed by atoms with E-state index in [-0.39, 0.29) is 46.5 Å². The Bertz CT molecular complexity index is 2020. The van der Waals surface area contributed by atoms with Crippen molar-refractivity contribution in [1.82, 2.24) is 0 Å². The molecule has 5 aliphatic carbocycles. The molecule has 9 aliphatic rings. The highest BCUT2D eigenvalue weighted by atomic mass is 16.8. The van der Waals surface area contributed by atoms with Crippen LogP contribution in [-0.4, -0.2) is 210 Å². The van der Waals surface area contributed by atoms with Crippen molar-refractivity contribution in [3.05, 3.63) is 11.6 Å². The summed E-state index contributed by atoms with van der Waals surface area (Å²) in [6.45, 7) is 15.9. The molecule has 0 unspecified atom stereocenters. The minimum absolute atomic E-state index is 0.113. The molecule has 21 heteroatoms. The lowest BCUT2D eigenvalue weighted by Crippen LogP contribution is -2.67. The van der Waals surface area contributed by atoms with Crippen molar-refractivity contribution >= 4 is 5.97 Å². The van der Waals surface area contributed by atoms with Gasteiger partial charge in [-0.15, -0.1) is 0 Å². The quantitative estimate of drug-likeness (QED) is 0.0745. The Morgan fingerprint density at radius 2 is 1.19 bits per heavy atom. The van der Waals surface area contributed by atoms with Gasteiger partial charge in [-0.3, -0.25) is 4.79 Å². The van der Waals surface area contributed by atoms with Gasteiger partial charge in [0.2, 0.25) is 6.29 Å². The minimum atomic E-state index is -1.83. The van der Waals surface area contributed by atoms with E-state index in [1.54, 1.807) is 0 Å². The average molecular weight is 1060 g/mol. The van der Waals surface area contributed by atoms with Crippen LogP contribution < -0.4 is 0 Å². The molecule has 12 N–H and O–H groups in total. The van der Waals surface area contributed by atoms with Gasteiger partial charge in [-0.1, -0.05) is 60.1 Å². The van der Waals surface area contributed by atoms with Crippen LogP contribution in [0.2, 0.25) is 0 Å². The normalized spacial score (nSPS) is 55.4. The Balaban J connectivity index is 0.975. The predicted molar refractivity (Wildman–Crippen MR) is 255 cm³/mol. The largest absolute Gasteiger partial charge is 0.432 e. The van der Waals surface area contributed by atoms with Crippen LogP contribution in [0.5, 0.6) is 0 Å². The zero-order chi connectivity index (χ0) is 53.9. The van der Waals surface area contributed by atoms with Gasteiger partial charge < -0.3 is 99.2 Å². The average Bonchev–Trinajstić information content (AvgIpc) is 3.36. The van der Waals surface area contributed by atoms with E-state index in [1.807, 2.05) is 0 Å². The smallest absolute Gasteiger partial charge is 0.315 e. The van der Waals surface area contributed by atoms with E-state index in [0.29, 0.717) is 25.2 Å². The van der Waals surface area contributed by atoms with Crippen molar-refractivity contribution in [2.75, 3.05) is 19.8 Å². The first kappa shape index (κ1) is 57.1. The highest BCUT2D eigenvalue weighted by Gasteiger charge is 2.70. The Morgan fingerprint density at radius 3 is 1.82 bits per heavy atom. The third-order valence-corrected chi connectivity index (χ3v) is 21.3. The molecule has 0 spiro atoms. The fourth-order valence-corrected chi connectivity index (χ4v) is 16.4. The van der Waals surface area contributed by atoms with Gasteiger partial charge in [-0.05, 0) is 116 Å². The van der Waals surface area contributed by atoms with Gasteiger partial charge in [0.15, 0.2) is 18.9 Å². The second-order valence-corrected chi connectivity index (χ2v) is 25.2. The van der Waals surface area contributed by atoms with Crippen LogP contribution in [0.1, 0.15) is 113 Å². The maximum Gasteiger partial charge on any atom is 0.315 e. The molecule has 29 atom stereocenters. The van der Waals surface area contributed by atoms with Gasteiger partial charge in [-0.2, -0.15) is 0 Å². The molecule has 4 heterocycles. The number of hydrogen-bond acceptors (Lipinski definition) is 21. The van der Waals surface area contributed by atoms with Crippen LogP contribution in [-0.2, 0) is 42.7 Å². The number of allylic oxidation sites excluding steroid dienone is 2. The van der Waals surface area contributed by atoms with Crippen LogP contribution in [0.25, 0.3) is 0 Å². The lowest BCUT2D eigenvalue weighted by molar-refractivity contribution is -0.388. The van der Waals surface area contributed by atoms with Crippen LogP contribution in [0.15, 0.2) is 11.6 Å². The highest BCUT2D eigenvalue weighted by molar-refractivity contribution is 5.79. The van der Waals surface area contributed by atoms with Crippen LogP contribution >= 0.6 is 0 Å². The summed E-state index contributed by atoms with van der Waals surface area (Å²) in [5.41, 5.74) is -0.824. The van der Waals surface area contributed by atoms with Gasteiger partial charge >= 0.3 is 5.97 Å². The summed E-state index contributed by atoms with van der Waals surface area (Å²) in [6.07, 6.45) is -20.7. The fourth-order valence-electron chi connectivity index (χ4n) is 16.4. The molecule has 0 amide bonds. The molecule has 0 radical (unpaired) electrons. The zero-order valence-corrected chi connectivity index (χ0v) is 44.0. The molecule has 9 rings (SSSR count). The molecule has 8 fully saturated rings. The van der Waals surface area contributed by atoms with Gasteiger partial charge in [0.25, 0.3) is 0 Å². The zero-order valence-electron chi connectivity index (χ0n) is 44.0. The van der Waals surface area contributed by atoms with E-state index < -0.39 is 153 Å². The summed E-state index contributed by atoms with van der Waals surface area (Å²) >= 11 is 0. The maximum atomic E-state index is 14.8. The van der Waals surface area contributed by atoms with E-state index in [9.17, 15) is 66.1 Å². The van der Waals surface area contributed by atoms with E-state index >= 15 is 0 Å². The molecular weight excluding hydrogens is 973 g/mol. The molecule has 0 bridgehead atoms. The third-order valence-electron chi connectivity index (χ3n) is 21.3. The first-order valence-corrected chi connectivity index (χ1v) is 27.2. The van der Waals surface area contributed by atoms with E-state index in [1.165, 1.54) is 12.5 Å². The fraction of sp³-hybridized carbons (Fsp3) is 0.943. The molecule has 21 nitrogen and oxygen atoms in total. The first-order valence-electron chi connectivity index (χ1n) is 27.2. The molecule has 74 heavy (non-hydrogen) atoms. The van der Waals surface area contributed by atoms with E-state index in [4.69, 9.17) is 37.9 Å². The Kier molecular flexibility index (Phi) is 16.1. The lowest BCUT2D eigenvalue weighted by Gasteiger charge is -2.71. The monoisotopic (exact) mass is 1060 g/mol. The van der Waals surface area contributed by atoms with Crippen molar-refractivity contribution in [2.45, 2.75) is 236 Å². The van der Waals surface area contributed by atoms with Crippen molar-refractivity contribution in [2.24, 2.45) is 56.7 Å². The minimum Gasteiger partial charge on any atom is -0.432 e. The number of aliphatic hydroxyl groups excluding tert-OH is 12. The molecule has 4 saturated heterocycles. The van der Waals surface area contributed by atoms with Gasteiger partial charge in [0, 0.05) is 0 Å². The van der Waals surface area contributed by atoms with E-state index in [2.05, 4.69) is 54.5 Å². The number of aliphatic hydroxyl groups is 12. The summed E-state index contributed by atoms with van der Waals surface area (Å²) in [5.74, 6) is 0.120. The number of carbonyl (C=O) groups excluding carboxylic acids is 1. The summed E-state index contributed by atoms with van der Waals surface area (Å²) < 4.78 is 49.0. The number of carbonyl (C=O) groups is 1. The van der Waals surface area contributed by atoms with Crippen LogP contribution in [0.3, 0.4) is 0 Å².